The largest absolute Gasteiger partial charge is 0.480 e. The van der Waals surface area contributed by atoms with Gasteiger partial charge in [0.1, 0.15) is 42.3 Å². The zero-order valence-electron chi connectivity index (χ0n) is 35.1. The van der Waals surface area contributed by atoms with Crippen molar-refractivity contribution in [3.05, 3.63) is 35.9 Å². The van der Waals surface area contributed by atoms with Gasteiger partial charge in [0.15, 0.2) is 5.96 Å². The van der Waals surface area contributed by atoms with Gasteiger partial charge in [-0.05, 0) is 76.4 Å². The van der Waals surface area contributed by atoms with Crippen LogP contribution in [0.2, 0.25) is 0 Å². The lowest BCUT2D eigenvalue weighted by atomic mass is 10.0. The molecular weight excluding hydrogens is 813 g/mol. The van der Waals surface area contributed by atoms with Crippen LogP contribution in [0.4, 0.5) is 0 Å². The molecule has 1 aliphatic heterocycles. The number of rotatable bonds is 28. The molecule has 0 bridgehead atoms. The molecule has 0 radical (unpaired) electrons. The number of amides is 7. The fourth-order valence-corrected chi connectivity index (χ4v) is 6.65. The van der Waals surface area contributed by atoms with Gasteiger partial charge in [0, 0.05) is 26.4 Å². The van der Waals surface area contributed by atoms with E-state index in [1.807, 2.05) is 0 Å². The number of carbonyl (C=O) groups excluding carboxylic acids is 7. The summed E-state index contributed by atoms with van der Waals surface area (Å²) in [4.78, 5) is 110. The Morgan fingerprint density at radius 3 is 1.77 bits per heavy atom. The lowest BCUT2D eigenvalue weighted by Gasteiger charge is -2.30. The molecular formula is C39H64N12O11. The smallest absolute Gasteiger partial charge is 0.326 e. The van der Waals surface area contributed by atoms with Gasteiger partial charge in [-0.25, -0.2) is 4.79 Å². The highest BCUT2D eigenvalue weighted by Gasteiger charge is 2.40. The van der Waals surface area contributed by atoms with Gasteiger partial charge >= 0.3 is 5.97 Å². The van der Waals surface area contributed by atoms with E-state index in [1.54, 1.807) is 30.3 Å². The lowest BCUT2D eigenvalue weighted by Crippen LogP contribution is -2.61. The average Bonchev–Trinajstić information content (AvgIpc) is 3.74. The molecule has 1 aromatic rings. The van der Waals surface area contributed by atoms with E-state index in [-0.39, 0.29) is 70.7 Å². The zero-order chi connectivity index (χ0) is 46.2. The summed E-state index contributed by atoms with van der Waals surface area (Å²) in [5.74, 6) is -6.97. The Balaban J connectivity index is 2.27. The van der Waals surface area contributed by atoms with Crippen LogP contribution in [0, 0.1) is 0 Å². The van der Waals surface area contributed by atoms with E-state index in [9.17, 15) is 53.7 Å². The van der Waals surface area contributed by atoms with Crippen LogP contribution in [-0.4, -0.2) is 155 Å². The van der Waals surface area contributed by atoms with E-state index in [1.165, 1.54) is 11.8 Å². The van der Waals surface area contributed by atoms with Crippen LogP contribution in [0.1, 0.15) is 70.3 Å². The zero-order valence-corrected chi connectivity index (χ0v) is 35.1. The summed E-state index contributed by atoms with van der Waals surface area (Å²) in [6.07, 6.45) is 2.18. The summed E-state index contributed by atoms with van der Waals surface area (Å²) in [5.41, 5.74) is 22.4. The van der Waals surface area contributed by atoms with Gasteiger partial charge in [-0.15, -0.1) is 0 Å². The van der Waals surface area contributed by atoms with Crippen molar-refractivity contribution in [1.82, 2.24) is 36.8 Å². The fraction of sp³-hybridized carbons (Fsp3) is 0.615. The molecule has 23 nitrogen and oxygen atoms in total. The predicted octanol–water partition coefficient (Wildman–Crippen LogP) is -4.86. The molecule has 0 aliphatic carbocycles. The summed E-state index contributed by atoms with van der Waals surface area (Å²) >= 11 is 0. The van der Waals surface area contributed by atoms with Crippen LogP contribution in [0.5, 0.6) is 0 Å². The van der Waals surface area contributed by atoms with E-state index < -0.39 is 103 Å². The first-order chi connectivity index (χ1) is 29.6. The van der Waals surface area contributed by atoms with Gasteiger partial charge < -0.3 is 75.1 Å². The fourth-order valence-electron chi connectivity index (χ4n) is 6.65. The van der Waals surface area contributed by atoms with Gasteiger partial charge in [-0.1, -0.05) is 30.3 Å². The van der Waals surface area contributed by atoms with Crippen molar-refractivity contribution in [1.29, 1.82) is 0 Å². The summed E-state index contributed by atoms with van der Waals surface area (Å²) in [6.45, 7) is 0.144. The number of guanidine groups is 1. The van der Waals surface area contributed by atoms with Gasteiger partial charge in [-0.2, -0.15) is 0 Å². The Morgan fingerprint density at radius 1 is 0.694 bits per heavy atom. The first kappa shape index (κ1) is 52.2. The maximum atomic E-state index is 14.0. The number of aliphatic carboxylic acids is 1. The molecule has 1 aromatic carbocycles. The van der Waals surface area contributed by atoms with Gasteiger partial charge in [0.2, 0.25) is 41.4 Å². The first-order valence-electron chi connectivity index (χ1n) is 20.6. The second-order valence-corrected chi connectivity index (χ2v) is 14.8. The number of nitrogens with two attached hydrogens (primary N) is 4. The molecule has 346 valence electrons. The molecule has 0 unspecified atom stereocenters. The highest BCUT2D eigenvalue weighted by Crippen LogP contribution is 2.21. The SMILES string of the molecule is CC(=O)N[C@H](CCCN)C(=O)N[C@@H](CO)C(=O)N[C@@H](Cc1ccccc1)C(=O)N[C@@H](CO)C(=O)N[C@@H](CCCCN)C(=O)N1CCC[C@H]1C(=O)N[C@@H](CCCN=C(N)N)C(=O)O. The number of likely N-dealkylation sites (tertiary alicyclic amines) is 1. The Bertz CT molecular complexity index is 1680. The molecule has 0 saturated carbocycles. The molecule has 0 spiro atoms. The van der Waals surface area contributed by atoms with Crippen molar-refractivity contribution in [2.24, 2.45) is 27.9 Å². The van der Waals surface area contributed by atoms with Crippen molar-refractivity contribution in [2.45, 2.75) is 113 Å². The monoisotopic (exact) mass is 876 g/mol. The van der Waals surface area contributed by atoms with Crippen molar-refractivity contribution in [2.75, 3.05) is 39.4 Å². The van der Waals surface area contributed by atoms with E-state index in [2.05, 4.69) is 36.9 Å². The standard InChI is InChI=1S/C39H64N12O11/c1-23(54)45-25(13-7-17-41)32(55)49-30(22-53)35(58)48-28(20-24-10-3-2-4-11-24)33(56)50-29(21-52)34(57)46-26(12-5-6-16-40)37(60)51-19-9-15-31(51)36(59)47-27(38(61)62)14-8-18-44-39(42)43/h2-4,10-11,25-31,52-53H,5-9,12-22,40-41H2,1H3,(H,45,54)(H,46,57)(H,47,59)(H,48,58)(H,49,55)(H,50,56)(H,61,62)(H4,42,43,44)/t25-,26+,27+,28+,29+,30+,31+/m1/s1. The van der Waals surface area contributed by atoms with Gasteiger partial charge in [-0.3, -0.25) is 38.6 Å². The van der Waals surface area contributed by atoms with Gasteiger partial charge in [0.25, 0.3) is 0 Å². The molecule has 1 saturated heterocycles. The number of aliphatic hydroxyl groups is 2. The maximum Gasteiger partial charge on any atom is 0.326 e. The minimum Gasteiger partial charge on any atom is -0.480 e. The Labute approximate surface area is 359 Å². The van der Waals surface area contributed by atoms with E-state index in [4.69, 9.17) is 22.9 Å². The van der Waals surface area contributed by atoms with Crippen molar-refractivity contribution in [3.63, 3.8) is 0 Å². The molecule has 1 aliphatic rings. The number of nitrogens with one attached hydrogen (secondary N) is 6. The number of hydrogen-bond acceptors (Lipinski definition) is 13. The number of carboxylic acids is 1. The predicted molar refractivity (Wildman–Crippen MR) is 225 cm³/mol. The average molecular weight is 877 g/mol. The molecule has 7 atom stereocenters. The quantitative estimate of drug-likeness (QED) is 0.0213. The van der Waals surface area contributed by atoms with Crippen LogP contribution < -0.4 is 54.8 Å². The van der Waals surface area contributed by atoms with Crippen LogP contribution in [0.25, 0.3) is 0 Å². The normalized spacial score (nSPS) is 16.3. The van der Waals surface area contributed by atoms with Gasteiger partial charge in [0.05, 0.1) is 13.2 Å². The molecule has 0 aromatic heterocycles. The third-order valence-electron chi connectivity index (χ3n) is 9.90. The number of unbranched alkanes of at least 4 members (excludes halogenated alkanes) is 1. The second-order valence-electron chi connectivity index (χ2n) is 14.8. The van der Waals surface area contributed by atoms with Crippen molar-refractivity contribution < 1.29 is 53.7 Å². The first-order valence-corrected chi connectivity index (χ1v) is 20.6. The summed E-state index contributed by atoms with van der Waals surface area (Å²) in [5, 5.41) is 44.9. The van der Waals surface area contributed by atoms with E-state index >= 15 is 0 Å². The highest BCUT2D eigenvalue weighted by atomic mass is 16.4. The number of nitrogens with zero attached hydrogens (tertiary/aromatic N) is 2. The van der Waals surface area contributed by atoms with E-state index in [0.29, 0.717) is 31.2 Å². The Hall–Kier alpha value is -5.91. The van der Waals surface area contributed by atoms with Crippen LogP contribution in [0.3, 0.4) is 0 Å². The van der Waals surface area contributed by atoms with Crippen LogP contribution in [0.15, 0.2) is 35.3 Å². The van der Waals surface area contributed by atoms with Crippen LogP contribution in [-0.2, 0) is 44.8 Å². The summed E-state index contributed by atoms with van der Waals surface area (Å²) < 4.78 is 0. The number of benzene rings is 1. The molecule has 1 fully saturated rings. The molecule has 2 rings (SSSR count). The highest BCUT2D eigenvalue weighted by molar-refractivity contribution is 5.97. The Morgan fingerprint density at radius 2 is 1.23 bits per heavy atom. The Kier molecular flexibility index (Phi) is 23.5. The topological polar surface area (TPSA) is 389 Å². The third-order valence-corrected chi connectivity index (χ3v) is 9.90. The summed E-state index contributed by atoms with van der Waals surface area (Å²) in [6, 6.07) is -0.848. The minimum absolute atomic E-state index is 0.00893. The molecule has 23 heteroatoms. The molecule has 17 N–H and O–H groups in total. The maximum absolute atomic E-state index is 14.0. The lowest BCUT2D eigenvalue weighted by molar-refractivity contribution is -0.145. The number of carbonyl (C=O) groups is 8. The number of hydrogen-bond donors (Lipinski definition) is 13. The number of aliphatic imine (C=N–C) groups is 1. The molecule has 7 amide bonds. The second kappa shape index (κ2) is 27.8. The van der Waals surface area contributed by atoms with Crippen molar-refractivity contribution >= 4 is 53.3 Å². The molecule has 62 heavy (non-hydrogen) atoms. The summed E-state index contributed by atoms with van der Waals surface area (Å²) in [7, 11) is 0. The third kappa shape index (κ3) is 18.0. The van der Waals surface area contributed by atoms with E-state index in [0.717, 1.165) is 0 Å². The minimum atomic E-state index is -1.65. The number of aliphatic hydroxyl groups excluding tert-OH is 2. The molecule has 1 heterocycles. The van der Waals surface area contributed by atoms with Crippen LogP contribution >= 0.6 is 0 Å². The number of carboxylic acid groups (broad SMARTS) is 1. The van der Waals surface area contributed by atoms with Crippen molar-refractivity contribution in [3.8, 4) is 0 Å².